The van der Waals surface area contributed by atoms with E-state index in [1.807, 2.05) is 0 Å². The van der Waals surface area contributed by atoms with Gasteiger partial charge in [-0.25, -0.2) is 0 Å². The van der Waals surface area contributed by atoms with Gasteiger partial charge in [0, 0.05) is 0 Å². The topological polar surface area (TPSA) is 120 Å². The zero-order valence-corrected chi connectivity index (χ0v) is 15.5. The van der Waals surface area contributed by atoms with E-state index in [1.165, 1.54) is 6.20 Å². The molecule has 0 fully saturated rings. The first kappa shape index (κ1) is 26.7. The van der Waals surface area contributed by atoms with Crippen molar-refractivity contribution in [2.24, 2.45) is 17.2 Å². The summed E-state index contributed by atoms with van der Waals surface area (Å²) in [6.07, 6.45) is 3.97. The fraction of sp³-hybridized carbons (Fsp3) is 0. The first-order valence-corrected chi connectivity index (χ1v) is 5.76. The summed E-state index contributed by atoms with van der Waals surface area (Å²) in [5.74, 6) is 0. The van der Waals surface area contributed by atoms with E-state index in [1.54, 1.807) is 0 Å². The fourth-order valence-corrected chi connectivity index (χ4v) is 0.144. The van der Waals surface area contributed by atoms with Gasteiger partial charge in [0.2, 0.25) is 0 Å². The Kier molecular flexibility index (Phi) is 33.1. The number of nitrogens with one attached hydrogen (secondary N) is 1. The fourth-order valence-electron chi connectivity index (χ4n) is 0.144. The molecule has 0 saturated carbocycles. The summed E-state index contributed by atoms with van der Waals surface area (Å²) in [5.41, 5.74) is 14.0. The molecule has 1 aromatic heterocycles. The van der Waals surface area contributed by atoms with E-state index >= 15 is 0 Å². The van der Waals surface area contributed by atoms with Crippen molar-refractivity contribution < 1.29 is 21.1 Å². The molecule has 6 nitrogen and oxygen atoms in total. The van der Waals surface area contributed by atoms with Crippen LogP contribution in [0.15, 0.2) is 6.20 Å². The number of nitrogens with zero attached hydrogens (tertiary/aromatic N) is 2. The van der Waals surface area contributed by atoms with E-state index in [4.69, 9.17) is 0 Å². The quantitative estimate of drug-likeness (QED) is 0.171. The average molecular weight is 441 g/mol. The zero-order chi connectivity index (χ0) is 14.3. The molecule has 0 saturated heterocycles. The van der Waals surface area contributed by atoms with Crippen molar-refractivity contribution in [3.63, 3.8) is 0 Å². The third-order valence-corrected chi connectivity index (χ3v) is 0.295. The third-order valence-electron chi connectivity index (χ3n) is 0.295. The van der Waals surface area contributed by atoms with Gasteiger partial charge in [-0.2, -0.15) is 0 Å². The van der Waals surface area contributed by atoms with E-state index in [2.05, 4.69) is 113 Å². The molecular formula is C5H8MoN6S6. The van der Waals surface area contributed by atoms with Crippen molar-refractivity contribution in [2.45, 2.75) is 0 Å². The Balaban J connectivity index is -0.0000000719. The van der Waals surface area contributed by atoms with E-state index in [0.717, 1.165) is 0 Å². The molecule has 0 spiro atoms. The van der Waals surface area contributed by atoms with Crippen molar-refractivity contribution in [1.29, 1.82) is 0 Å². The second-order valence-corrected chi connectivity index (χ2v) is 4.97. The first-order valence-electron chi connectivity index (χ1n) is 3.32. The molecule has 13 heteroatoms. The molecule has 0 bridgehead atoms. The minimum atomic E-state index is 0. The van der Waals surface area contributed by atoms with Crippen molar-refractivity contribution in [3.8, 4) is 0 Å². The Hall–Kier alpha value is 0.158. The van der Waals surface area contributed by atoms with Gasteiger partial charge in [0.05, 0.1) is 0 Å². The van der Waals surface area contributed by atoms with Gasteiger partial charge in [0.15, 0.2) is 0 Å². The minimum Gasteiger partial charge on any atom is -0.415 e. The molecule has 0 unspecified atom stereocenters. The average Bonchev–Trinajstić information content (AvgIpc) is 2.53. The predicted molar refractivity (Wildman–Crippen MR) is 87.7 cm³/mol. The van der Waals surface area contributed by atoms with Gasteiger partial charge in [0.1, 0.15) is 0 Å². The molecule has 0 aromatic carbocycles. The van der Waals surface area contributed by atoms with Crippen LogP contribution in [0.25, 0.3) is 0 Å². The largest absolute Gasteiger partial charge is 4.00 e. The zero-order valence-electron chi connectivity index (χ0n) is 8.56. The molecule has 0 atom stereocenters. The predicted octanol–water partition coefficient (Wildman–Crippen LogP) is -1.07. The molecule has 0 aliphatic heterocycles. The van der Waals surface area contributed by atoms with Crippen LogP contribution in [0.2, 0.25) is 0 Å². The van der Waals surface area contributed by atoms with Crippen molar-refractivity contribution in [1.82, 2.24) is 15.4 Å². The van der Waals surface area contributed by atoms with Gasteiger partial charge in [0.25, 0.3) is 0 Å². The summed E-state index contributed by atoms with van der Waals surface area (Å²) in [7, 11) is 0. The monoisotopic (exact) mass is 442 g/mol. The van der Waals surface area contributed by atoms with Crippen LogP contribution in [0.1, 0.15) is 0 Å². The molecule has 1 heterocycles. The second kappa shape index (κ2) is 22.3. The van der Waals surface area contributed by atoms with Crippen LogP contribution in [0.4, 0.5) is 0 Å². The molecule has 1 aromatic rings. The number of aromatic amines is 1. The molecule has 0 radical (unpaired) electrons. The van der Waals surface area contributed by atoms with E-state index in [9.17, 15) is 0 Å². The standard InChI is InChI=1S/C2H2N3.3CH3NS2.Mo/c1-2-4-5-3-1;3*2-1(3)4;/h1H,(H,3,4,5);3*(H3,2,3,4);/q-1;;;;+4/p-3. The van der Waals surface area contributed by atoms with Gasteiger partial charge in [-0.3, -0.25) is 0 Å². The van der Waals surface area contributed by atoms with Crippen LogP contribution in [-0.2, 0) is 59.0 Å². The second-order valence-electron chi connectivity index (χ2n) is 1.56. The normalized spacial score (nSPS) is 6.22. The number of hydrogen-bond donors (Lipinski definition) is 4. The third kappa shape index (κ3) is 140. The Bertz CT molecular complexity index is 248. The summed E-state index contributed by atoms with van der Waals surface area (Å²) >= 11 is 24.8. The van der Waals surface area contributed by atoms with Crippen molar-refractivity contribution in [3.05, 3.63) is 12.4 Å². The summed E-state index contributed by atoms with van der Waals surface area (Å²) in [6.45, 7) is 0. The Morgan fingerprint density at radius 3 is 1.33 bits per heavy atom. The van der Waals surface area contributed by atoms with Crippen LogP contribution in [0.5, 0.6) is 0 Å². The van der Waals surface area contributed by atoms with Crippen molar-refractivity contribution >= 4 is 87.5 Å². The van der Waals surface area contributed by atoms with E-state index in [-0.39, 0.29) is 34.0 Å². The molecule has 1 rings (SSSR count). The number of thiocarbonyl (C=S) groups is 3. The number of rotatable bonds is 0. The van der Waals surface area contributed by atoms with Crippen molar-refractivity contribution in [2.75, 3.05) is 0 Å². The Morgan fingerprint density at radius 1 is 1.00 bits per heavy atom. The van der Waals surface area contributed by atoms with Crippen LogP contribution in [0.3, 0.4) is 0 Å². The first-order chi connectivity index (χ1) is 7.70. The van der Waals surface area contributed by atoms with Gasteiger partial charge in [-0.15, -0.1) is 11.4 Å². The maximum atomic E-state index is 4.66. The molecule has 0 aliphatic rings. The smallest absolute Gasteiger partial charge is 0.415 e. The van der Waals surface area contributed by atoms with Gasteiger partial charge < -0.3 is 108 Å². The number of aromatic nitrogens is 3. The van der Waals surface area contributed by atoms with Gasteiger partial charge in [-0.1, -0.05) is 13.0 Å². The summed E-state index contributed by atoms with van der Waals surface area (Å²) in [6, 6.07) is 0. The number of H-pyrrole nitrogens is 1. The molecule has 0 aliphatic carbocycles. The molecule has 18 heavy (non-hydrogen) atoms. The Labute approximate surface area is 152 Å². The van der Waals surface area contributed by atoms with Gasteiger partial charge >= 0.3 is 21.1 Å². The molecule has 100 valence electrons. The summed E-state index contributed by atoms with van der Waals surface area (Å²) < 4.78 is 0.250. The maximum Gasteiger partial charge on any atom is 4.00 e. The Morgan fingerprint density at radius 2 is 1.28 bits per heavy atom. The number of hydrogen-bond acceptors (Lipinski definition) is 8. The summed E-state index contributed by atoms with van der Waals surface area (Å²) in [5, 5.41) is 9.03. The van der Waals surface area contributed by atoms with E-state index < -0.39 is 0 Å². The van der Waals surface area contributed by atoms with Crippen LogP contribution in [-0.4, -0.2) is 28.4 Å². The van der Waals surface area contributed by atoms with Crippen LogP contribution >= 0.6 is 36.7 Å². The van der Waals surface area contributed by atoms with Crippen LogP contribution < -0.4 is 17.2 Å². The van der Waals surface area contributed by atoms with Gasteiger partial charge in [-0.05, 0) is 0 Å². The number of nitrogens with two attached hydrogens (primary N) is 3. The SMILES string of the molecule is NC(=S)[S-].NC(=S)[S-].NC(=S)[S-].[Mo+4].[c-]1c[nH]nn1. The van der Waals surface area contributed by atoms with E-state index in [0.29, 0.717) is 0 Å². The molecular weight excluding hydrogens is 432 g/mol. The molecule has 7 N–H and O–H groups in total. The minimum absolute atomic E-state index is 0. The maximum absolute atomic E-state index is 4.66. The molecule has 0 amide bonds. The van der Waals surface area contributed by atoms with Crippen LogP contribution in [0, 0.1) is 6.20 Å². The summed E-state index contributed by atoms with van der Waals surface area (Å²) in [4.78, 5) is 0.